The van der Waals surface area contributed by atoms with E-state index >= 15 is 0 Å². The van der Waals surface area contributed by atoms with Crippen LogP contribution in [0.4, 0.5) is 0 Å². The summed E-state index contributed by atoms with van der Waals surface area (Å²) in [5.41, 5.74) is 3.62. The van der Waals surface area contributed by atoms with Gasteiger partial charge < -0.3 is 4.74 Å². The maximum atomic E-state index is 6.06. The quantitative estimate of drug-likeness (QED) is 0.712. The Labute approximate surface area is 106 Å². The predicted octanol–water partition coefficient (Wildman–Crippen LogP) is 4.39. The molecule has 0 amide bonds. The molecule has 0 radical (unpaired) electrons. The first-order chi connectivity index (χ1) is 8.34. The van der Waals surface area contributed by atoms with Gasteiger partial charge in [-0.3, -0.25) is 0 Å². The fourth-order valence-corrected chi connectivity index (χ4v) is 2.42. The second-order valence-electron chi connectivity index (χ2n) is 4.21. The van der Waals surface area contributed by atoms with Crippen LogP contribution in [0.1, 0.15) is 18.4 Å². The molecule has 3 rings (SSSR count). The van der Waals surface area contributed by atoms with Crippen molar-refractivity contribution in [3.63, 3.8) is 0 Å². The van der Waals surface area contributed by atoms with Crippen LogP contribution in [0.25, 0.3) is 5.57 Å². The average molecular weight is 245 g/mol. The second-order valence-corrected chi connectivity index (χ2v) is 4.64. The molecule has 86 valence electrons. The van der Waals surface area contributed by atoms with Gasteiger partial charge in [0, 0.05) is 10.6 Å². The van der Waals surface area contributed by atoms with Gasteiger partial charge in [-0.2, -0.15) is 0 Å². The molecule has 1 aliphatic heterocycles. The molecule has 0 aromatic heterocycles. The highest BCUT2D eigenvalue weighted by Crippen LogP contribution is 2.37. The van der Waals surface area contributed by atoms with Gasteiger partial charge in [0.05, 0.1) is 0 Å². The SMILES string of the molecule is Clc1ccc2c(c1)C(C1=CCCC=C1)=CCO2. The molecule has 0 bridgehead atoms. The maximum Gasteiger partial charge on any atom is 0.127 e. The fourth-order valence-electron chi connectivity index (χ4n) is 2.25. The Morgan fingerprint density at radius 3 is 2.88 bits per heavy atom. The molecule has 2 heteroatoms. The smallest absolute Gasteiger partial charge is 0.127 e. The molecular formula is C15H13ClO. The Kier molecular flexibility index (Phi) is 2.77. The lowest BCUT2D eigenvalue weighted by molar-refractivity contribution is 0.357. The van der Waals surface area contributed by atoms with Gasteiger partial charge in [-0.15, -0.1) is 0 Å². The third-order valence-corrected chi connectivity index (χ3v) is 3.30. The Morgan fingerprint density at radius 1 is 1.12 bits per heavy atom. The van der Waals surface area contributed by atoms with Crippen LogP contribution in [0.5, 0.6) is 5.75 Å². The summed E-state index contributed by atoms with van der Waals surface area (Å²) in [6.45, 7) is 0.634. The zero-order chi connectivity index (χ0) is 11.7. The van der Waals surface area contributed by atoms with Crippen LogP contribution in [0.2, 0.25) is 5.02 Å². The first kappa shape index (κ1) is 10.7. The van der Waals surface area contributed by atoms with Crippen LogP contribution in [-0.4, -0.2) is 6.61 Å². The summed E-state index contributed by atoms with van der Waals surface area (Å²) in [6, 6.07) is 5.79. The van der Waals surface area contributed by atoms with Crippen molar-refractivity contribution in [2.24, 2.45) is 0 Å². The van der Waals surface area contributed by atoms with E-state index in [1.165, 1.54) is 11.1 Å². The Morgan fingerprint density at radius 2 is 2.06 bits per heavy atom. The lowest BCUT2D eigenvalue weighted by Crippen LogP contribution is -2.06. The third-order valence-electron chi connectivity index (χ3n) is 3.06. The molecular weight excluding hydrogens is 232 g/mol. The highest BCUT2D eigenvalue weighted by Gasteiger charge is 2.16. The van der Waals surface area contributed by atoms with Crippen molar-refractivity contribution in [3.8, 4) is 5.75 Å². The Bertz CT molecular complexity index is 538. The largest absolute Gasteiger partial charge is 0.489 e. The van der Waals surface area contributed by atoms with E-state index < -0.39 is 0 Å². The van der Waals surface area contributed by atoms with Crippen molar-refractivity contribution >= 4 is 17.2 Å². The number of hydrogen-bond acceptors (Lipinski definition) is 1. The summed E-state index contributed by atoms with van der Waals surface area (Å²) in [5, 5.41) is 0.750. The van der Waals surface area contributed by atoms with Crippen molar-refractivity contribution in [2.75, 3.05) is 6.61 Å². The van der Waals surface area contributed by atoms with Crippen LogP contribution in [0, 0.1) is 0 Å². The molecule has 2 aliphatic rings. The van der Waals surface area contributed by atoms with Gasteiger partial charge in [-0.05, 0) is 48.3 Å². The average Bonchev–Trinajstić information content (AvgIpc) is 2.39. The van der Waals surface area contributed by atoms with Crippen molar-refractivity contribution in [2.45, 2.75) is 12.8 Å². The number of fused-ring (bicyclic) bond motifs is 1. The minimum absolute atomic E-state index is 0.634. The summed E-state index contributed by atoms with van der Waals surface area (Å²) in [6.07, 6.45) is 11.1. The van der Waals surface area contributed by atoms with Crippen molar-refractivity contribution in [1.82, 2.24) is 0 Å². The summed E-state index contributed by atoms with van der Waals surface area (Å²) in [7, 11) is 0. The molecule has 0 spiro atoms. The third kappa shape index (κ3) is 2.03. The number of allylic oxidation sites excluding steroid dienone is 5. The Hall–Kier alpha value is -1.47. The first-order valence-corrected chi connectivity index (χ1v) is 6.22. The van der Waals surface area contributed by atoms with Gasteiger partial charge in [-0.1, -0.05) is 29.8 Å². The number of rotatable bonds is 1. The summed E-state index contributed by atoms with van der Waals surface area (Å²) >= 11 is 6.06. The monoisotopic (exact) mass is 244 g/mol. The zero-order valence-corrected chi connectivity index (χ0v) is 10.2. The van der Waals surface area contributed by atoms with E-state index in [4.69, 9.17) is 16.3 Å². The van der Waals surface area contributed by atoms with E-state index in [9.17, 15) is 0 Å². The number of halogens is 1. The molecule has 1 heterocycles. The second kappa shape index (κ2) is 4.42. The molecule has 1 nitrogen and oxygen atoms in total. The van der Waals surface area contributed by atoms with Crippen LogP contribution in [0.15, 0.2) is 48.1 Å². The van der Waals surface area contributed by atoms with Crippen LogP contribution >= 0.6 is 11.6 Å². The number of hydrogen-bond donors (Lipinski definition) is 0. The van der Waals surface area contributed by atoms with Crippen molar-refractivity contribution < 1.29 is 4.74 Å². The zero-order valence-electron chi connectivity index (χ0n) is 9.45. The van der Waals surface area contributed by atoms with E-state index in [0.29, 0.717) is 6.61 Å². The predicted molar refractivity (Wildman–Crippen MR) is 71.4 cm³/mol. The molecule has 1 aliphatic carbocycles. The van der Waals surface area contributed by atoms with Gasteiger partial charge in [0.25, 0.3) is 0 Å². The van der Waals surface area contributed by atoms with E-state index in [1.54, 1.807) is 0 Å². The summed E-state index contributed by atoms with van der Waals surface area (Å²) in [5.74, 6) is 0.923. The molecule has 0 unspecified atom stereocenters. The molecule has 0 N–H and O–H groups in total. The van der Waals surface area contributed by atoms with Crippen LogP contribution in [-0.2, 0) is 0 Å². The molecule has 0 fully saturated rings. The van der Waals surface area contributed by atoms with E-state index in [1.807, 2.05) is 18.2 Å². The maximum absolute atomic E-state index is 6.06. The van der Waals surface area contributed by atoms with Crippen LogP contribution in [0.3, 0.4) is 0 Å². The lowest BCUT2D eigenvalue weighted by atomic mass is 9.92. The fraction of sp³-hybridized carbons (Fsp3) is 0.200. The minimum atomic E-state index is 0.634. The minimum Gasteiger partial charge on any atom is -0.489 e. The van der Waals surface area contributed by atoms with Gasteiger partial charge in [0.15, 0.2) is 0 Å². The van der Waals surface area contributed by atoms with Crippen molar-refractivity contribution in [1.29, 1.82) is 0 Å². The normalized spacial score (nSPS) is 17.9. The summed E-state index contributed by atoms with van der Waals surface area (Å²) in [4.78, 5) is 0. The molecule has 0 saturated heterocycles. The molecule has 17 heavy (non-hydrogen) atoms. The lowest BCUT2D eigenvalue weighted by Gasteiger charge is -2.20. The Balaban J connectivity index is 2.07. The van der Waals surface area contributed by atoms with Gasteiger partial charge in [-0.25, -0.2) is 0 Å². The topological polar surface area (TPSA) is 9.23 Å². The standard InChI is InChI=1S/C15H13ClO/c16-12-6-7-15-14(10-12)13(8-9-17-15)11-4-2-1-3-5-11/h2,4-8,10H,1,3,9H2. The van der Waals surface area contributed by atoms with Crippen LogP contribution < -0.4 is 4.74 Å². The van der Waals surface area contributed by atoms with E-state index in [2.05, 4.69) is 24.3 Å². The van der Waals surface area contributed by atoms with Crippen molar-refractivity contribution in [3.05, 3.63) is 58.7 Å². The molecule has 0 atom stereocenters. The van der Waals surface area contributed by atoms with Gasteiger partial charge >= 0.3 is 0 Å². The van der Waals surface area contributed by atoms with E-state index in [-0.39, 0.29) is 0 Å². The van der Waals surface area contributed by atoms with E-state index in [0.717, 1.165) is 29.2 Å². The molecule has 1 aromatic carbocycles. The number of benzene rings is 1. The molecule has 0 saturated carbocycles. The molecule has 1 aromatic rings. The summed E-state index contributed by atoms with van der Waals surface area (Å²) < 4.78 is 5.61. The first-order valence-electron chi connectivity index (χ1n) is 5.84. The number of ether oxygens (including phenoxy) is 1. The highest BCUT2D eigenvalue weighted by molar-refractivity contribution is 6.30. The highest BCUT2D eigenvalue weighted by atomic mass is 35.5. The van der Waals surface area contributed by atoms with Gasteiger partial charge in [0.1, 0.15) is 12.4 Å². The van der Waals surface area contributed by atoms with Gasteiger partial charge in [0.2, 0.25) is 0 Å².